The molecule has 3 rings (SSSR count). The number of β-amino-alcohol motifs (C(OH)–C–C–N with tert-alkyl or cyclic N) is 1. The summed E-state index contributed by atoms with van der Waals surface area (Å²) in [6, 6.07) is 9.04. The number of aryl methyl sites for hydroxylation is 1. The smallest absolute Gasteiger partial charge is 0.264 e. The van der Waals surface area contributed by atoms with Gasteiger partial charge in [0.15, 0.2) is 11.5 Å². The van der Waals surface area contributed by atoms with E-state index in [0.717, 1.165) is 4.88 Å². The lowest BCUT2D eigenvalue weighted by molar-refractivity contribution is -0.0198. The average Bonchev–Trinajstić information content (AvgIpc) is 3.09. The Morgan fingerprint density at radius 1 is 1.19 bits per heavy atom. The van der Waals surface area contributed by atoms with Gasteiger partial charge in [-0.3, -0.25) is 4.79 Å². The molecule has 1 amide bonds. The van der Waals surface area contributed by atoms with Gasteiger partial charge in [-0.2, -0.15) is 0 Å². The van der Waals surface area contributed by atoms with Crippen molar-refractivity contribution in [2.75, 3.05) is 27.3 Å². The minimum absolute atomic E-state index is 0.0354. The molecule has 0 saturated carbocycles. The summed E-state index contributed by atoms with van der Waals surface area (Å²) in [5.41, 5.74) is 0. The van der Waals surface area contributed by atoms with Gasteiger partial charge in [0.25, 0.3) is 5.91 Å². The molecule has 0 spiro atoms. The van der Waals surface area contributed by atoms with E-state index in [2.05, 4.69) is 0 Å². The molecular formula is C19H23NO5S. The van der Waals surface area contributed by atoms with Gasteiger partial charge >= 0.3 is 0 Å². The highest BCUT2D eigenvalue weighted by atomic mass is 32.1. The number of nitrogens with zero attached hydrogens (tertiary/aromatic N) is 1. The van der Waals surface area contributed by atoms with Crippen molar-refractivity contribution in [2.24, 2.45) is 0 Å². The van der Waals surface area contributed by atoms with Crippen LogP contribution >= 0.6 is 11.3 Å². The van der Waals surface area contributed by atoms with Crippen LogP contribution in [0.25, 0.3) is 0 Å². The van der Waals surface area contributed by atoms with Crippen LogP contribution in [0.15, 0.2) is 30.3 Å². The van der Waals surface area contributed by atoms with Crippen LogP contribution in [0.5, 0.6) is 17.2 Å². The second-order valence-electron chi connectivity index (χ2n) is 6.19. The lowest BCUT2D eigenvalue weighted by atomic mass is 10.0. The van der Waals surface area contributed by atoms with E-state index >= 15 is 0 Å². The number of amides is 1. The summed E-state index contributed by atoms with van der Waals surface area (Å²) in [5.74, 6) is 1.75. The van der Waals surface area contributed by atoms with E-state index in [-0.39, 0.29) is 18.6 Å². The van der Waals surface area contributed by atoms with Crippen molar-refractivity contribution in [2.45, 2.75) is 25.6 Å². The summed E-state index contributed by atoms with van der Waals surface area (Å²) in [5, 5.41) is 10.5. The number of likely N-dealkylation sites (tertiary alicyclic amines) is 1. The Kier molecular flexibility index (Phi) is 5.68. The molecule has 1 fully saturated rings. The lowest BCUT2D eigenvalue weighted by Gasteiger charge is -2.35. The first-order valence-corrected chi connectivity index (χ1v) is 9.26. The van der Waals surface area contributed by atoms with E-state index in [1.165, 1.54) is 11.3 Å². The van der Waals surface area contributed by atoms with Crippen LogP contribution < -0.4 is 14.2 Å². The van der Waals surface area contributed by atoms with Crippen molar-refractivity contribution in [1.82, 2.24) is 4.90 Å². The van der Waals surface area contributed by atoms with Crippen molar-refractivity contribution in [3.05, 3.63) is 40.1 Å². The molecule has 1 aromatic heterocycles. The molecule has 26 heavy (non-hydrogen) atoms. The first-order chi connectivity index (χ1) is 12.5. The van der Waals surface area contributed by atoms with Gasteiger partial charge in [-0.15, -0.1) is 11.3 Å². The maximum Gasteiger partial charge on any atom is 0.264 e. The summed E-state index contributed by atoms with van der Waals surface area (Å²) < 4.78 is 16.4. The number of carbonyl (C=O) groups excluding carboxylic acids is 1. The second kappa shape index (κ2) is 7.97. The molecule has 7 heteroatoms. The van der Waals surface area contributed by atoms with E-state index in [9.17, 15) is 9.90 Å². The first-order valence-electron chi connectivity index (χ1n) is 8.44. The van der Waals surface area contributed by atoms with Gasteiger partial charge in [0.2, 0.25) is 0 Å². The monoisotopic (exact) mass is 377 g/mol. The van der Waals surface area contributed by atoms with Crippen molar-refractivity contribution >= 4 is 17.2 Å². The third-order valence-corrected chi connectivity index (χ3v) is 5.39. The number of aliphatic hydroxyl groups is 1. The maximum atomic E-state index is 12.5. The van der Waals surface area contributed by atoms with Crippen LogP contribution in [0.1, 0.15) is 21.0 Å². The Morgan fingerprint density at radius 2 is 1.96 bits per heavy atom. The van der Waals surface area contributed by atoms with Crippen LogP contribution in [0, 0.1) is 6.92 Å². The van der Waals surface area contributed by atoms with Crippen LogP contribution in [0.3, 0.4) is 0 Å². The topological polar surface area (TPSA) is 68.2 Å². The van der Waals surface area contributed by atoms with Gasteiger partial charge in [0, 0.05) is 23.9 Å². The number of ether oxygens (including phenoxy) is 3. The molecule has 140 valence electrons. The number of hydrogen-bond acceptors (Lipinski definition) is 6. The summed E-state index contributed by atoms with van der Waals surface area (Å²) in [6.45, 7) is 2.78. The highest BCUT2D eigenvalue weighted by Gasteiger charge is 2.32. The van der Waals surface area contributed by atoms with Crippen LogP contribution in [-0.4, -0.2) is 55.4 Å². The Bertz CT molecular complexity index is 775. The minimum atomic E-state index is -0.748. The summed E-state index contributed by atoms with van der Waals surface area (Å²) in [6.07, 6.45) is -0.560. The van der Waals surface area contributed by atoms with E-state index < -0.39 is 6.10 Å². The molecule has 1 saturated heterocycles. The Balaban J connectivity index is 1.63. The fourth-order valence-corrected chi connectivity index (χ4v) is 3.84. The van der Waals surface area contributed by atoms with Crippen molar-refractivity contribution in [3.63, 3.8) is 0 Å². The normalized spacial score (nSPS) is 19.9. The number of benzene rings is 1. The average molecular weight is 377 g/mol. The van der Waals surface area contributed by atoms with Gasteiger partial charge in [-0.1, -0.05) is 0 Å². The molecule has 1 aromatic carbocycles. The van der Waals surface area contributed by atoms with Gasteiger partial charge in [0.05, 0.1) is 25.6 Å². The lowest BCUT2D eigenvalue weighted by Crippen LogP contribution is -2.50. The van der Waals surface area contributed by atoms with E-state index in [0.29, 0.717) is 35.1 Å². The van der Waals surface area contributed by atoms with Crippen LogP contribution in [0.2, 0.25) is 0 Å². The summed E-state index contributed by atoms with van der Waals surface area (Å²) >= 11 is 1.47. The molecule has 6 nitrogen and oxygen atoms in total. The predicted molar refractivity (Wildman–Crippen MR) is 99.5 cm³/mol. The number of methoxy groups -OCH3 is 2. The SMILES string of the molecule is COc1ccc(O[C@@H]2CCN(C(=O)c3ccc(C)s3)C[C@H]2O)cc1OC. The van der Waals surface area contributed by atoms with Gasteiger partial charge < -0.3 is 24.2 Å². The number of piperidine rings is 1. The van der Waals surface area contributed by atoms with E-state index in [4.69, 9.17) is 14.2 Å². The zero-order valence-corrected chi connectivity index (χ0v) is 15.9. The largest absolute Gasteiger partial charge is 0.493 e. The molecular weight excluding hydrogens is 354 g/mol. The summed E-state index contributed by atoms with van der Waals surface area (Å²) in [7, 11) is 3.14. The quantitative estimate of drug-likeness (QED) is 0.868. The van der Waals surface area contributed by atoms with Gasteiger partial charge in [-0.25, -0.2) is 0 Å². The zero-order valence-electron chi connectivity index (χ0n) is 15.1. The highest BCUT2D eigenvalue weighted by molar-refractivity contribution is 7.13. The molecule has 0 radical (unpaired) electrons. The fourth-order valence-electron chi connectivity index (χ4n) is 3.00. The Morgan fingerprint density at radius 3 is 2.58 bits per heavy atom. The maximum absolute atomic E-state index is 12.5. The number of hydrogen-bond donors (Lipinski definition) is 1. The zero-order chi connectivity index (χ0) is 18.7. The fraction of sp³-hybridized carbons (Fsp3) is 0.421. The third-order valence-electron chi connectivity index (χ3n) is 4.40. The molecule has 0 aliphatic carbocycles. The minimum Gasteiger partial charge on any atom is -0.493 e. The molecule has 0 bridgehead atoms. The molecule has 2 aromatic rings. The molecule has 0 unspecified atom stereocenters. The molecule has 1 aliphatic heterocycles. The number of rotatable bonds is 5. The standard InChI is InChI=1S/C19H23NO5S/c1-12-4-7-18(26-12)19(22)20-9-8-15(14(21)11-20)25-13-5-6-16(23-2)17(10-13)24-3/h4-7,10,14-15,21H,8-9,11H2,1-3H3/t14-,15-/m1/s1. The van der Waals surface area contributed by atoms with Crippen molar-refractivity contribution < 1.29 is 24.1 Å². The van der Waals surface area contributed by atoms with Gasteiger partial charge in [-0.05, 0) is 31.2 Å². The molecule has 2 heterocycles. The Hall–Kier alpha value is -2.25. The molecule has 1 N–H and O–H groups in total. The molecule has 1 aliphatic rings. The first kappa shape index (κ1) is 18.5. The van der Waals surface area contributed by atoms with Gasteiger partial charge in [0.1, 0.15) is 18.0 Å². The van der Waals surface area contributed by atoms with E-state index in [1.807, 2.05) is 19.1 Å². The number of carbonyl (C=O) groups is 1. The van der Waals surface area contributed by atoms with Crippen molar-refractivity contribution in [3.8, 4) is 17.2 Å². The van der Waals surface area contributed by atoms with E-state index in [1.54, 1.807) is 37.3 Å². The Labute approximate surface area is 156 Å². The third kappa shape index (κ3) is 3.94. The summed E-state index contributed by atoms with van der Waals surface area (Å²) in [4.78, 5) is 16.0. The van der Waals surface area contributed by atoms with Crippen LogP contribution in [-0.2, 0) is 0 Å². The molecule has 2 atom stereocenters. The highest BCUT2D eigenvalue weighted by Crippen LogP contribution is 2.32. The predicted octanol–water partition coefficient (Wildman–Crippen LogP) is 2.73. The number of aliphatic hydroxyl groups excluding tert-OH is 1. The second-order valence-corrected chi connectivity index (χ2v) is 7.48. The number of thiophene rings is 1. The van der Waals surface area contributed by atoms with Crippen molar-refractivity contribution in [1.29, 1.82) is 0 Å². The van der Waals surface area contributed by atoms with Crippen LogP contribution in [0.4, 0.5) is 0 Å².